The summed E-state index contributed by atoms with van der Waals surface area (Å²) in [6.45, 7) is 20.4. The van der Waals surface area contributed by atoms with E-state index in [2.05, 4.69) is 241 Å². The molecule has 2 nitrogen and oxygen atoms in total. The molecule has 0 aliphatic rings. The molecule has 0 atom stereocenters. The van der Waals surface area contributed by atoms with E-state index in [-0.39, 0.29) is 0 Å². The number of nitrogens with zero attached hydrogens (tertiary/aromatic N) is 2. The van der Waals surface area contributed by atoms with Gasteiger partial charge in [0.15, 0.2) is 0 Å². The Morgan fingerprint density at radius 2 is 1.27 bits per heavy atom. The van der Waals surface area contributed by atoms with Gasteiger partial charge in [-0.15, -0.1) is 0 Å². The third-order valence-corrected chi connectivity index (χ3v) is 10.3. The monoisotopic (exact) mass is 808 g/mol. The molecule has 0 saturated heterocycles. The summed E-state index contributed by atoms with van der Waals surface area (Å²) in [6, 6.07) is 43.4. The third kappa shape index (κ3) is 12.5. The molecule has 0 heterocycles. The highest BCUT2D eigenvalue weighted by Gasteiger charge is 2.18. The summed E-state index contributed by atoms with van der Waals surface area (Å²) in [5.41, 5.74) is 16.1. The molecule has 0 aliphatic heterocycles. The summed E-state index contributed by atoms with van der Waals surface area (Å²) in [5.74, 6) is 0. The quantitative estimate of drug-likeness (QED) is 0.0814. The maximum Gasteiger partial charge on any atom is 0.0539 e. The molecule has 0 N–H and O–H groups in total. The minimum Gasteiger partial charge on any atom is -0.324 e. The lowest BCUT2D eigenvalue weighted by molar-refractivity contribution is 1.20. The summed E-state index contributed by atoms with van der Waals surface area (Å²) in [6.07, 6.45) is 36.9. The molecule has 0 bridgehead atoms. The van der Waals surface area contributed by atoms with Crippen molar-refractivity contribution in [2.24, 2.45) is 0 Å². The van der Waals surface area contributed by atoms with E-state index >= 15 is 0 Å². The van der Waals surface area contributed by atoms with Crippen LogP contribution in [-0.4, -0.2) is 0 Å². The van der Waals surface area contributed by atoms with Crippen molar-refractivity contribution < 1.29 is 0 Å². The van der Waals surface area contributed by atoms with E-state index in [1.54, 1.807) is 6.08 Å². The van der Waals surface area contributed by atoms with Gasteiger partial charge in [0.2, 0.25) is 0 Å². The topological polar surface area (TPSA) is 6.48 Å². The third-order valence-electron chi connectivity index (χ3n) is 10.3. The first kappa shape index (κ1) is 45.7. The first-order valence-electron chi connectivity index (χ1n) is 21.3. The second kappa shape index (κ2) is 24.0. The van der Waals surface area contributed by atoms with Crippen LogP contribution in [0.4, 0.5) is 17.1 Å². The Hall–Kier alpha value is -7.42. The maximum atomic E-state index is 4.03. The Bertz CT molecular complexity index is 2580. The SMILES string of the molecule is C=C\C=C/C(C)=C/C=C\C=C\C(C=C)=C\C=C\N(/C=C(/C)c1ccc(-c2ccccc2N(C(/C=C\C)=C/C)c2ccc(-c3cccc(C)c3/C=C\C)cc2)cc1)c1ccccc1. The minimum absolute atomic E-state index is 1.01. The summed E-state index contributed by atoms with van der Waals surface area (Å²) in [4.78, 5) is 4.51. The van der Waals surface area contributed by atoms with Gasteiger partial charge in [-0.3, -0.25) is 0 Å². The Morgan fingerprint density at radius 1 is 0.581 bits per heavy atom. The molecular formula is C60H60N2. The summed E-state index contributed by atoms with van der Waals surface area (Å²) in [7, 11) is 0. The van der Waals surface area contributed by atoms with Crippen molar-refractivity contribution in [1.29, 1.82) is 0 Å². The van der Waals surface area contributed by atoms with Crippen molar-refractivity contribution in [3.63, 3.8) is 0 Å². The maximum absolute atomic E-state index is 4.03. The van der Waals surface area contributed by atoms with Crippen molar-refractivity contribution in [3.8, 4) is 22.3 Å². The predicted molar refractivity (Wildman–Crippen MR) is 275 cm³/mol. The van der Waals surface area contributed by atoms with Crippen LogP contribution in [0.15, 0.2) is 255 Å². The fourth-order valence-corrected chi connectivity index (χ4v) is 7.07. The van der Waals surface area contributed by atoms with Gasteiger partial charge in [-0.1, -0.05) is 195 Å². The number of para-hydroxylation sites is 2. The molecule has 0 spiro atoms. The van der Waals surface area contributed by atoms with E-state index in [4.69, 9.17) is 0 Å². The largest absolute Gasteiger partial charge is 0.324 e. The zero-order valence-electron chi connectivity index (χ0n) is 37.2. The molecular weight excluding hydrogens is 749 g/mol. The van der Waals surface area contributed by atoms with Gasteiger partial charge in [0.25, 0.3) is 0 Å². The van der Waals surface area contributed by atoms with Crippen molar-refractivity contribution in [2.75, 3.05) is 9.80 Å². The molecule has 0 unspecified atom stereocenters. The number of anilines is 3. The molecule has 0 saturated carbocycles. The van der Waals surface area contributed by atoms with E-state index < -0.39 is 0 Å². The van der Waals surface area contributed by atoms with Crippen LogP contribution < -0.4 is 9.80 Å². The van der Waals surface area contributed by atoms with E-state index in [1.807, 2.05) is 48.6 Å². The molecule has 0 aliphatic carbocycles. The van der Waals surface area contributed by atoms with Gasteiger partial charge in [-0.25, -0.2) is 0 Å². The summed E-state index contributed by atoms with van der Waals surface area (Å²) >= 11 is 0. The smallest absolute Gasteiger partial charge is 0.0539 e. The molecule has 5 rings (SSSR count). The average molecular weight is 809 g/mol. The second-order valence-corrected chi connectivity index (χ2v) is 14.7. The van der Waals surface area contributed by atoms with Crippen LogP contribution in [0.1, 0.15) is 51.3 Å². The number of rotatable bonds is 18. The molecule has 0 amide bonds. The van der Waals surface area contributed by atoms with Gasteiger partial charge >= 0.3 is 0 Å². The van der Waals surface area contributed by atoms with Gasteiger partial charge in [-0.05, 0) is 129 Å². The Balaban J connectivity index is 1.44. The van der Waals surface area contributed by atoms with Crippen molar-refractivity contribution in [1.82, 2.24) is 0 Å². The van der Waals surface area contributed by atoms with Crippen LogP contribution in [0, 0.1) is 6.92 Å². The lowest BCUT2D eigenvalue weighted by Gasteiger charge is -2.29. The van der Waals surface area contributed by atoms with E-state index in [1.165, 1.54) is 22.3 Å². The average Bonchev–Trinajstić information content (AvgIpc) is 3.31. The highest BCUT2D eigenvalue weighted by Crippen LogP contribution is 2.40. The van der Waals surface area contributed by atoms with Crippen LogP contribution in [-0.2, 0) is 0 Å². The molecule has 0 fully saturated rings. The highest BCUT2D eigenvalue weighted by atomic mass is 15.1. The molecule has 310 valence electrons. The minimum atomic E-state index is 1.01. The number of hydrogen-bond acceptors (Lipinski definition) is 2. The van der Waals surface area contributed by atoms with Crippen molar-refractivity contribution in [2.45, 2.75) is 41.5 Å². The second-order valence-electron chi connectivity index (χ2n) is 14.7. The Morgan fingerprint density at radius 3 is 1.97 bits per heavy atom. The van der Waals surface area contributed by atoms with Crippen molar-refractivity contribution in [3.05, 3.63) is 272 Å². The zero-order chi connectivity index (χ0) is 44.1. The van der Waals surface area contributed by atoms with Crippen molar-refractivity contribution >= 4 is 28.7 Å². The number of allylic oxidation sites excluding steroid dienone is 18. The Labute approximate surface area is 372 Å². The van der Waals surface area contributed by atoms with Gasteiger partial charge in [-0.2, -0.15) is 0 Å². The van der Waals surface area contributed by atoms with Gasteiger partial charge < -0.3 is 9.80 Å². The lowest BCUT2D eigenvalue weighted by atomic mass is 9.95. The molecule has 62 heavy (non-hydrogen) atoms. The van der Waals surface area contributed by atoms with Gasteiger partial charge in [0.1, 0.15) is 0 Å². The van der Waals surface area contributed by atoms with E-state index in [0.717, 1.165) is 56.2 Å². The number of hydrogen-bond donors (Lipinski definition) is 0. The Kier molecular flexibility index (Phi) is 17.7. The molecule has 5 aromatic carbocycles. The molecule has 5 aromatic rings. The number of aryl methyl sites for hydroxylation is 1. The van der Waals surface area contributed by atoms with Crippen LogP contribution >= 0.6 is 0 Å². The first-order chi connectivity index (χ1) is 30.3. The normalized spacial score (nSPS) is 13.1. The summed E-state index contributed by atoms with van der Waals surface area (Å²) in [5, 5.41) is 0. The lowest BCUT2D eigenvalue weighted by Crippen LogP contribution is -2.16. The fourth-order valence-electron chi connectivity index (χ4n) is 7.07. The molecule has 0 radical (unpaired) electrons. The highest BCUT2D eigenvalue weighted by molar-refractivity contribution is 5.87. The van der Waals surface area contributed by atoms with Crippen LogP contribution in [0.3, 0.4) is 0 Å². The van der Waals surface area contributed by atoms with Crippen LogP contribution in [0.5, 0.6) is 0 Å². The first-order valence-corrected chi connectivity index (χ1v) is 21.3. The fraction of sp³-hybridized carbons (Fsp3) is 0.100. The van der Waals surface area contributed by atoms with E-state index in [0.29, 0.717) is 0 Å². The molecule has 0 aromatic heterocycles. The standard InChI is InChI=1S/C60H60N2/c1-9-14-27-47(6)28-17-15-18-30-50(12-4)31-24-45-61(55-32-19-16-20-33-55)46-49(8)51-37-39-53(40-38-51)59-34-21-22-36-60(59)62(54(13-5)25-10-2)56-43-41-52(42-44-56)58-35-23-29-48(7)57(58)26-11-3/h9-46H,1,4H2,2-3,5-8H3/b17-15-,25-10-,26-11-,27-14-,30-18+,45-24+,47-28+,49-46-,50-31+,54-13+. The predicted octanol–water partition coefficient (Wildman–Crippen LogP) is 17.3. The molecule has 2 heteroatoms. The van der Waals surface area contributed by atoms with E-state index in [9.17, 15) is 0 Å². The van der Waals surface area contributed by atoms with Crippen LogP contribution in [0.2, 0.25) is 0 Å². The number of benzene rings is 5. The van der Waals surface area contributed by atoms with Gasteiger partial charge in [0.05, 0.1) is 5.69 Å². The zero-order valence-corrected chi connectivity index (χ0v) is 37.2. The summed E-state index contributed by atoms with van der Waals surface area (Å²) < 4.78 is 0. The van der Waals surface area contributed by atoms with Crippen LogP contribution in [0.25, 0.3) is 33.9 Å². The van der Waals surface area contributed by atoms with Gasteiger partial charge in [0, 0.05) is 35.0 Å².